The molecule has 1 amide bonds. The predicted molar refractivity (Wildman–Crippen MR) is 132 cm³/mol. The Morgan fingerprint density at radius 2 is 1.77 bits per heavy atom. The molecule has 0 radical (unpaired) electrons. The van der Waals surface area contributed by atoms with Gasteiger partial charge in [0.1, 0.15) is 11.4 Å². The van der Waals surface area contributed by atoms with Gasteiger partial charge in [0.15, 0.2) is 5.96 Å². The van der Waals surface area contributed by atoms with E-state index < -0.39 is 5.60 Å². The van der Waals surface area contributed by atoms with Crippen molar-refractivity contribution in [2.45, 2.75) is 70.7 Å². The average Bonchev–Trinajstić information content (AvgIpc) is 2.65. The molecule has 2 rings (SSSR count). The number of methoxy groups -OCH3 is 1. The molecule has 0 unspecified atom stereocenters. The minimum atomic E-state index is -0.478. The second-order valence-corrected chi connectivity index (χ2v) is 8.66. The van der Waals surface area contributed by atoms with Gasteiger partial charge in [-0.05, 0) is 58.6 Å². The van der Waals surface area contributed by atoms with Crippen molar-refractivity contribution in [2.24, 2.45) is 4.99 Å². The number of carbonyl (C=O) groups is 1. The van der Waals surface area contributed by atoms with Crippen LogP contribution in [0.25, 0.3) is 0 Å². The van der Waals surface area contributed by atoms with Crippen LogP contribution in [0.1, 0.15) is 52.0 Å². The molecule has 0 spiro atoms. The van der Waals surface area contributed by atoms with E-state index in [4.69, 9.17) is 21.1 Å². The van der Waals surface area contributed by atoms with Crippen molar-refractivity contribution in [1.82, 2.24) is 16.0 Å². The maximum Gasteiger partial charge on any atom is 0.407 e. The molecule has 1 aromatic rings. The van der Waals surface area contributed by atoms with Crippen molar-refractivity contribution in [3.63, 3.8) is 0 Å². The van der Waals surface area contributed by atoms with Gasteiger partial charge in [0.2, 0.25) is 0 Å². The van der Waals surface area contributed by atoms with Crippen molar-refractivity contribution < 1.29 is 14.3 Å². The highest BCUT2D eigenvalue weighted by molar-refractivity contribution is 14.0. The first-order valence-corrected chi connectivity index (χ1v) is 10.4. The molecule has 9 heteroatoms. The summed E-state index contributed by atoms with van der Waals surface area (Å²) in [6, 6.07) is 6.04. The van der Waals surface area contributed by atoms with E-state index in [0.29, 0.717) is 17.6 Å². The number of alkyl carbamates (subject to hydrolysis) is 1. The summed E-state index contributed by atoms with van der Waals surface area (Å²) in [6.45, 7) is 6.18. The Labute approximate surface area is 201 Å². The number of halogens is 2. The number of rotatable bonds is 5. The smallest absolute Gasteiger partial charge is 0.407 e. The van der Waals surface area contributed by atoms with Crippen LogP contribution in [0.2, 0.25) is 5.02 Å². The van der Waals surface area contributed by atoms with E-state index >= 15 is 0 Å². The van der Waals surface area contributed by atoms with Crippen LogP contribution < -0.4 is 20.7 Å². The monoisotopic (exact) mass is 552 g/mol. The van der Waals surface area contributed by atoms with Gasteiger partial charge < -0.3 is 25.4 Å². The van der Waals surface area contributed by atoms with Gasteiger partial charge in [-0.15, -0.1) is 24.0 Å². The summed E-state index contributed by atoms with van der Waals surface area (Å²) in [5.41, 5.74) is 0.526. The van der Waals surface area contributed by atoms with Crippen LogP contribution >= 0.6 is 35.6 Å². The Hall–Kier alpha value is -1.42. The molecule has 1 saturated carbocycles. The number of hydrogen-bond donors (Lipinski definition) is 3. The van der Waals surface area contributed by atoms with E-state index in [0.717, 1.165) is 43.0 Å². The summed E-state index contributed by atoms with van der Waals surface area (Å²) < 4.78 is 10.7. The molecular formula is C21H34ClIN4O3. The fraction of sp³-hybridized carbons (Fsp3) is 0.619. The molecule has 1 aliphatic rings. The number of nitrogens with one attached hydrogen (secondary N) is 3. The highest BCUT2D eigenvalue weighted by atomic mass is 127. The molecule has 7 nitrogen and oxygen atoms in total. The van der Waals surface area contributed by atoms with Crippen molar-refractivity contribution in [1.29, 1.82) is 0 Å². The zero-order chi connectivity index (χ0) is 21.4. The molecule has 3 N–H and O–H groups in total. The maximum atomic E-state index is 11.9. The Bertz CT molecular complexity index is 717. The molecule has 0 heterocycles. The molecule has 1 fully saturated rings. The molecule has 170 valence electrons. The fourth-order valence-corrected chi connectivity index (χ4v) is 3.45. The van der Waals surface area contributed by atoms with Gasteiger partial charge in [-0.1, -0.05) is 17.7 Å². The predicted octanol–water partition coefficient (Wildman–Crippen LogP) is 4.47. The SMILES string of the molecule is CN=C(NCc1ccc(Cl)cc1OC)NC1CCC(NC(=O)OC(C)(C)C)CC1.I. The zero-order valence-corrected chi connectivity index (χ0v) is 21.5. The summed E-state index contributed by atoms with van der Waals surface area (Å²) in [6.07, 6.45) is 3.36. The lowest BCUT2D eigenvalue weighted by atomic mass is 9.91. The van der Waals surface area contributed by atoms with Crippen LogP contribution in [0, 0.1) is 0 Å². The fourth-order valence-electron chi connectivity index (χ4n) is 3.29. The standard InChI is InChI=1S/C21H33ClN4O3.HI/c1-21(2,3)29-20(27)26-17-10-8-16(9-11-17)25-19(23-4)24-13-14-6-7-15(22)12-18(14)28-5;/h6-7,12,16-17H,8-11,13H2,1-5H3,(H,26,27)(H2,23,24,25);1H. The average molecular weight is 553 g/mol. The minimum absolute atomic E-state index is 0. The number of carbonyl (C=O) groups excluding carboxylic acids is 1. The lowest BCUT2D eigenvalue weighted by molar-refractivity contribution is 0.0490. The molecule has 0 aliphatic heterocycles. The van der Waals surface area contributed by atoms with Gasteiger partial charge in [0, 0.05) is 36.3 Å². The maximum absolute atomic E-state index is 11.9. The second-order valence-electron chi connectivity index (χ2n) is 8.22. The van der Waals surface area contributed by atoms with E-state index in [9.17, 15) is 4.79 Å². The highest BCUT2D eigenvalue weighted by Crippen LogP contribution is 2.23. The van der Waals surface area contributed by atoms with E-state index in [-0.39, 0.29) is 36.1 Å². The Morgan fingerprint density at radius 1 is 1.17 bits per heavy atom. The van der Waals surface area contributed by atoms with Gasteiger partial charge in [0.05, 0.1) is 7.11 Å². The quantitative estimate of drug-likeness (QED) is 0.285. The van der Waals surface area contributed by atoms with E-state index in [1.807, 2.05) is 32.9 Å². The van der Waals surface area contributed by atoms with Gasteiger partial charge in [-0.25, -0.2) is 4.79 Å². The van der Waals surface area contributed by atoms with Gasteiger partial charge in [-0.2, -0.15) is 0 Å². The number of nitrogens with zero attached hydrogens (tertiary/aromatic N) is 1. The number of aliphatic imine (C=N–C) groups is 1. The molecule has 30 heavy (non-hydrogen) atoms. The van der Waals surface area contributed by atoms with Crippen LogP contribution in [0.4, 0.5) is 4.79 Å². The van der Waals surface area contributed by atoms with Crippen molar-refractivity contribution in [2.75, 3.05) is 14.2 Å². The highest BCUT2D eigenvalue weighted by Gasteiger charge is 2.25. The summed E-state index contributed by atoms with van der Waals surface area (Å²) >= 11 is 6.02. The van der Waals surface area contributed by atoms with E-state index in [1.54, 1.807) is 20.2 Å². The third-order valence-corrected chi connectivity index (χ3v) is 4.94. The third kappa shape index (κ3) is 9.16. The lowest BCUT2D eigenvalue weighted by Gasteiger charge is -2.31. The number of guanidine groups is 1. The Kier molecular flexibility index (Phi) is 11.0. The lowest BCUT2D eigenvalue weighted by Crippen LogP contribution is -2.47. The number of ether oxygens (including phenoxy) is 2. The zero-order valence-electron chi connectivity index (χ0n) is 18.4. The van der Waals surface area contributed by atoms with Gasteiger partial charge >= 0.3 is 6.09 Å². The number of hydrogen-bond acceptors (Lipinski definition) is 4. The molecule has 0 bridgehead atoms. The van der Waals surface area contributed by atoms with Gasteiger partial charge in [-0.3, -0.25) is 4.99 Å². The van der Waals surface area contributed by atoms with Crippen LogP contribution in [-0.4, -0.2) is 43.9 Å². The molecule has 0 atom stereocenters. The molecule has 0 aromatic heterocycles. The van der Waals surface area contributed by atoms with Crippen LogP contribution in [-0.2, 0) is 11.3 Å². The first-order chi connectivity index (χ1) is 13.7. The Morgan fingerprint density at radius 3 is 2.30 bits per heavy atom. The van der Waals surface area contributed by atoms with Crippen LogP contribution in [0.5, 0.6) is 5.75 Å². The van der Waals surface area contributed by atoms with E-state index in [1.165, 1.54) is 0 Å². The largest absolute Gasteiger partial charge is 0.496 e. The Balaban J connectivity index is 0.00000450. The van der Waals surface area contributed by atoms with E-state index in [2.05, 4.69) is 20.9 Å². The topological polar surface area (TPSA) is 84.0 Å². The number of benzene rings is 1. The summed E-state index contributed by atoms with van der Waals surface area (Å²) in [4.78, 5) is 16.2. The minimum Gasteiger partial charge on any atom is -0.496 e. The molecule has 0 saturated heterocycles. The first-order valence-electron chi connectivity index (χ1n) is 9.99. The summed E-state index contributed by atoms with van der Waals surface area (Å²) in [5.74, 6) is 1.49. The summed E-state index contributed by atoms with van der Waals surface area (Å²) in [7, 11) is 3.39. The van der Waals surface area contributed by atoms with Crippen molar-refractivity contribution in [3.05, 3.63) is 28.8 Å². The molecular weight excluding hydrogens is 519 g/mol. The van der Waals surface area contributed by atoms with Crippen molar-refractivity contribution >= 4 is 47.6 Å². The molecule has 1 aromatic carbocycles. The number of amides is 1. The van der Waals surface area contributed by atoms with Crippen molar-refractivity contribution in [3.8, 4) is 5.75 Å². The normalized spacial score (nSPS) is 19.3. The summed E-state index contributed by atoms with van der Waals surface area (Å²) in [5, 5.41) is 10.4. The second kappa shape index (κ2) is 12.4. The first kappa shape index (κ1) is 26.6. The van der Waals surface area contributed by atoms with Crippen LogP contribution in [0.3, 0.4) is 0 Å². The molecule has 1 aliphatic carbocycles. The van der Waals surface area contributed by atoms with Crippen LogP contribution in [0.15, 0.2) is 23.2 Å². The van der Waals surface area contributed by atoms with Gasteiger partial charge in [0.25, 0.3) is 0 Å². The third-order valence-electron chi connectivity index (χ3n) is 4.71.